The summed E-state index contributed by atoms with van der Waals surface area (Å²) in [6.07, 6.45) is 0. The van der Waals surface area contributed by atoms with Gasteiger partial charge in [0, 0.05) is 6.54 Å². The highest BCUT2D eigenvalue weighted by molar-refractivity contribution is 6.34. The van der Waals surface area contributed by atoms with Crippen LogP contribution in [-0.2, 0) is 0 Å². The molecule has 2 amide bonds. The topological polar surface area (TPSA) is 58.2 Å². The summed E-state index contributed by atoms with van der Waals surface area (Å²) < 4.78 is 26.5. The molecule has 0 radical (unpaired) electrons. The summed E-state index contributed by atoms with van der Waals surface area (Å²) in [5.74, 6) is -3.15. The lowest BCUT2D eigenvalue weighted by molar-refractivity contribution is 0.0950. The predicted molar refractivity (Wildman–Crippen MR) is 92.9 cm³/mol. The van der Waals surface area contributed by atoms with Gasteiger partial charge in [-0.25, -0.2) is 8.78 Å². The van der Waals surface area contributed by atoms with E-state index in [0.29, 0.717) is 12.6 Å². The summed E-state index contributed by atoms with van der Waals surface area (Å²) in [6, 6.07) is 7.84. The number of halogens is 3. The van der Waals surface area contributed by atoms with E-state index in [1.165, 1.54) is 6.07 Å². The molecule has 2 aromatic rings. The first-order valence-electron chi connectivity index (χ1n) is 7.62. The van der Waals surface area contributed by atoms with E-state index in [2.05, 4.69) is 10.6 Å². The van der Waals surface area contributed by atoms with Gasteiger partial charge in [-0.05, 0) is 30.2 Å². The average molecular weight is 367 g/mol. The molecular formula is C18H17ClF2N2O2. The molecule has 0 aliphatic heterocycles. The molecular weight excluding hydrogens is 350 g/mol. The van der Waals surface area contributed by atoms with Crippen molar-refractivity contribution in [3.05, 3.63) is 64.2 Å². The lowest BCUT2D eigenvalue weighted by Gasteiger charge is -2.13. The van der Waals surface area contributed by atoms with Gasteiger partial charge in [-0.15, -0.1) is 0 Å². The van der Waals surface area contributed by atoms with Crippen LogP contribution in [0, 0.1) is 17.6 Å². The Balaban J connectivity index is 2.25. The van der Waals surface area contributed by atoms with Gasteiger partial charge < -0.3 is 10.6 Å². The standard InChI is InChI=1S/C18H17ClF2N2O2/c1-10(2)9-22-17(24)11-5-3-4-6-16(11)23-18(25)12-7-14(20)15(21)8-13(12)19/h3-8,10H,9H2,1-2H3,(H,22,24)(H,23,25). The molecule has 0 aliphatic rings. The summed E-state index contributed by atoms with van der Waals surface area (Å²) in [5, 5.41) is 5.04. The van der Waals surface area contributed by atoms with Crippen LogP contribution in [0.1, 0.15) is 34.6 Å². The number of carbonyl (C=O) groups excluding carboxylic acids is 2. The monoisotopic (exact) mass is 366 g/mol. The number of hydrogen-bond acceptors (Lipinski definition) is 2. The van der Waals surface area contributed by atoms with E-state index in [0.717, 1.165) is 6.07 Å². The highest BCUT2D eigenvalue weighted by Crippen LogP contribution is 2.22. The highest BCUT2D eigenvalue weighted by atomic mass is 35.5. The third-order valence-electron chi connectivity index (χ3n) is 3.35. The number of carbonyl (C=O) groups is 2. The molecule has 0 saturated carbocycles. The molecule has 7 heteroatoms. The molecule has 0 aliphatic carbocycles. The van der Waals surface area contributed by atoms with E-state index >= 15 is 0 Å². The predicted octanol–water partition coefficient (Wildman–Crippen LogP) is 4.26. The Bertz CT molecular complexity index is 810. The van der Waals surface area contributed by atoms with Crippen LogP contribution in [0.3, 0.4) is 0 Å². The molecule has 0 spiro atoms. The highest BCUT2D eigenvalue weighted by Gasteiger charge is 2.18. The molecule has 0 heterocycles. The van der Waals surface area contributed by atoms with Gasteiger partial charge in [0.25, 0.3) is 11.8 Å². The Morgan fingerprint density at radius 3 is 2.36 bits per heavy atom. The fourth-order valence-corrected chi connectivity index (χ4v) is 2.30. The molecule has 0 atom stereocenters. The molecule has 2 N–H and O–H groups in total. The van der Waals surface area contributed by atoms with Crippen molar-refractivity contribution in [2.45, 2.75) is 13.8 Å². The summed E-state index contributed by atoms with van der Waals surface area (Å²) >= 11 is 5.80. The second kappa shape index (κ2) is 8.07. The van der Waals surface area contributed by atoms with E-state index in [-0.39, 0.29) is 33.7 Å². The van der Waals surface area contributed by atoms with Gasteiger partial charge in [0.15, 0.2) is 11.6 Å². The van der Waals surface area contributed by atoms with Gasteiger partial charge >= 0.3 is 0 Å². The maximum absolute atomic E-state index is 13.4. The first-order valence-corrected chi connectivity index (χ1v) is 8.00. The Kier molecular flexibility index (Phi) is 6.09. The van der Waals surface area contributed by atoms with Crippen LogP contribution in [0.15, 0.2) is 36.4 Å². The molecule has 2 rings (SSSR count). The van der Waals surface area contributed by atoms with Crippen LogP contribution in [0.2, 0.25) is 5.02 Å². The molecule has 0 fully saturated rings. The Hall–Kier alpha value is -2.47. The van der Waals surface area contributed by atoms with Crippen molar-refractivity contribution in [1.29, 1.82) is 0 Å². The molecule has 0 bridgehead atoms. The van der Waals surface area contributed by atoms with Crippen LogP contribution >= 0.6 is 11.6 Å². The van der Waals surface area contributed by atoms with Gasteiger partial charge in [0.1, 0.15) is 0 Å². The summed E-state index contributed by atoms with van der Waals surface area (Å²) in [6.45, 7) is 4.40. The first-order chi connectivity index (χ1) is 11.8. The average Bonchev–Trinajstić information content (AvgIpc) is 2.56. The summed E-state index contributed by atoms with van der Waals surface area (Å²) in [7, 11) is 0. The van der Waals surface area contributed by atoms with Crippen LogP contribution in [-0.4, -0.2) is 18.4 Å². The van der Waals surface area contributed by atoms with Crippen LogP contribution in [0.4, 0.5) is 14.5 Å². The van der Waals surface area contributed by atoms with Gasteiger partial charge in [-0.2, -0.15) is 0 Å². The minimum Gasteiger partial charge on any atom is -0.352 e. The van der Waals surface area contributed by atoms with Gasteiger partial charge in [0.05, 0.1) is 21.8 Å². The summed E-state index contributed by atoms with van der Waals surface area (Å²) in [5.41, 5.74) is 0.280. The van der Waals surface area contributed by atoms with Crippen LogP contribution in [0.25, 0.3) is 0 Å². The van der Waals surface area contributed by atoms with E-state index in [9.17, 15) is 18.4 Å². The SMILES string of the molecule is CC(C)CNC(=O)c1ccccc1NC(=O)c1cc(F)c(F)cc1Cl. The number of anilines is 1. The molecule has 25 heavy (non-hydrogen) atoms. The lowest BCUT2D eigenvalue weighted by Crippen LogP contribution is -2.28. The van der Waals surface area contributed by atoms with Crippen molar-refractivity contribution in [3.8, 4) is 0 Å². The zero-order chi connectivity index (χ0) is 18.6. The maximum Gasteiger partial charge on any atom is 0.257 e. The second-order valence-corrected chi connectivity index (χ2v) is 6.26. The third-order valence-corrected chi connectivity index (χ3v) is 3.66. The minimum absolute atomic E-state index is 0.224. The number of rotatable bonds is 5. The van der Waals surface area contributed by atoms with Crippen LogP contribution in [0.5, 0.6) is 0 Å². The largest absolute Gasteiger partial charge is 0.352 e. The number of para-hydroxylation sites is 1. The number of nitrogens with one attached hydrogen (secondary N) is 2. The number of amides is 2. The zero-order valence-corrected chi connectivity index (χ0v) is 14.5. The normalized spacial score (nSPS) is 10.6. The zero-order valence-electron chi connectivity index (χ0n) is 13.7. The van der Waals surface area contributed by atoms with Gasteiger partial charge in [-0.3, -0.25) is 9.59 Å². The van der Waals surface area contributed by atoms with E-state index < -0.39 is 17.5 Å². The quantitative estimate of drug-likeness (QED) is 0.777. The Morgan fingerprint density at radius 2 is 1.68 bits per heavy atom. The Labute approximate surface area is 149 Å². The maximum atomic E-state index is 13.4. The smallest absolute Gasteiger partial charge is 0.257 e. The van der Waals surface area contributed by atoms with Crippen molar-refractivity contribution in [2.75, 3.05) is 11.9 Å². The fraction of sp³-hybridized carbons (Fsp3) is 0.222. The lowest BCUT2D eigenvalue weighted by atomic mass is 10.1. The van der Waals surface area contributed by atoms with Crippen molar-refractivity contribution < 1.29 is 18.4 Å². The van der Waals surface area contributed by atoms with E-state index in [1.807, 2.05) is 13.8 Å². The first kappa shape index (κ1) is 18.9. The molecule has 132 valence electrons. The van der Waals surface area contributed by atoms with Crippen molar-refractivity contribution in [2.24, 2.45) is 5.92 Å². The number of hydrogen-bond donors (Lipinski definition) is 2. The third kappa shape index (κ3) is 4.76. The Morgan fingerprint density at radius 1 is 1.04 bits per heavy atom. The van der Waals surface area contributed by atoms with E-state index in [4.69, 9.17) is 11.6 Å². The fourth-order valence-electron chi connectivity index (χ4n) is 2.07. The molecule has 2 aromatic carbocycles. The second-order valence-electron chi connectivity index (χ2n) is 5.85. The van der Waals surface area contributed by atoms with Crippen LogP contribution < -0.4 is 10.6 Å². The van der Waals surface area contributed by atoms with Crippen molar-refractivity contribution in [3.63, 3.8) is 0 Å². The van der Waals surface area contributed by atoms with Crippen molar-refractivity contribution in [1.82, 2.24) is 5.32 Å². The minimum atomic E-state index is -1.18. The van der Waals surface area contributed by atoms with Crippen molar-refractivity contribution >= 4 is 29.1 Å². The molecule has 4 nitrogen and oxygen atoms in total. The summed E-state index contributed by atoms with van der Waals surface area (Å²) in [4.78, 5) is 24.6. The number of benzene rings is 2. The molecule has 0 unspecified atom stereocenters. The van der Waals surface area contributed by atoms with Gasteiger partial charge in [-0.1, -0.05) is 37.6 Å². The van der Waals surface area contributed by atoms with E-state index in [1.54, 1.807) is 18.2 Å². The van der Waals surface area contributed by atoms with Gasteiger partial charge in [0.2, 0.25) is 0 Å². The molecule has 0 saturated heterocycles. The molecule has 0 aromatic heterocycles.